The molecule has 12 nitrogen and oxygen atoms in total. The van der Waals surface area contributed by atoms with Crippen LogP contribution in [0.5, 0.6) is 0 Å². The highest BCUT2D eigenvalue weighted by Gasteiger charge is 2.22. The molecule has 0 unspecified atom stereocenters. The van der Waals surface area contributed by atoms with Gasteiger partial charge in [0.1, 0.15) is 22.1 Å². The Hall–Kier alpha value is -13.8. The Labute approximate surface area is 588 Å². The molecular weight excluding hydrogens is 1270 g/mol. The van der Waals surface area contributed by atoms with Gasteiger partial charge in [-0.05, 0) is 77.4 Å². The predicted octanol–water partition coefficient (Wildman–Crippen LogP) is 21.8. The summed E-state index contributed by atoms with van der Waals surface area (Å²) in [6.07, 6.45) is 0. The molecule has 0 amide bonds. The van der Waals surface area contributed by atoms with Gasteiger partial charge in [-0.25, -0.2) is 34.9 Å². The van der Waals surface area contributed by atoms with E-state index in [1.165, 1.54) is 11.7 Å². The molecule has 20 rings (SSSR count). The van der Waals surface area contributed by atoms with Crippen molar-refractivity contribution in [2.24, 2.45) is 0 Å². The zero-order valence-corrected chi connectivity index (χ0v) is 55.3. The Kier molecular flexibility index (Phi) is 14.7. The second kappa shape index (κ2) is 25.3. The highest BCUT2D eigenvalue weighted by Crippen LogP contribution is 2.43. The molecule has 0 N–H and O–H groups in total. The largest absolute Gasteiger partial charge is 0.247 e. The molecular formula is C89H54N12S. The summed E-state index contributed by atoms with van der Waals surface area (Å²) in [5.41, 5.74) is 23.0. The van der Waals surface area contributed by atoms with E-state index in [-0.39, 0.29) is 0 Å². The Bertz CT molecular complexity index is 6540. The van der Waals surface area contributed by atoms with Crippen LogP contribution in [0.1, 0.15) is 0 Å². The summed E-state index contributed by atoms with van der Waals surface area (Å²) in [7, 11) is 0. The molecule has 0 saturated heterocycles. The van der Waals surface area contributed by atoms with Crippen molar-refractivity contribution in [2.75, 3.05) is 0 Å². The fraction of sp³-hybridized carbons (Fsp3) is 0. The first-order chi connectivity index (χ1) is 50.5. The van der Waals surface area contributed by atoms with Crippen LogP contribution in [0.15, 0.2) is 328 Å². The molecule has 7 heterocycles. The molecule has 0 bridgehead atoms. The van der Waals surface area contributed by atoms with Gasteiger partial charge in [-0.2, -0.15) is 13.5 Å². The van der Waals surface area contributed by atoms with E-state index < -0.39 is 0 Å². The zero-order valence-electron chi connectivity index (χ0n) is 54.5. The molecule has 0 atom stereocenters. The summed E-state index contributed by atoms with van der Waals surface area (Å²) >= 11 is 1.25. The third kappa shape index (κ3) is 10.9. The predicted molar refractivity (Wildman–Crippen MR) is 415 cm³/mol. The zero-order chi connectivity index (χ0) is 67.5. The van der Waals surface area contributed by atoms with Crippen LogP contribution in [0.4, 0.5) is 0 Å². The third-order valence-electron chi connectivity index (χ3n) is 18.8. The van der Waals surface area contributed by atoms with Crippen molar-refractivity contribution in [1.82, 2.24) is 58.6 Å². The lowest BCUT2D eigenvalue weighted by atomic mass is 9.93. The molecule has 0 radical (unpaired) electrons. The lowest BCUT2D eigenvalue weighted by Crippen LogP contribution is -2.00. The van der Waals surface area contributed by atoms with Crippen LogP contribution in [0, 0.1) is 0 Å². The van der Waals surface area contributed by atoms with Gasteiger partial charge in [-0.1, -0.05) is 267 Å². The van der Waals surface area contributed by atoms with E-state index in [2.05, 4.69) is 194 Å². The summed E-state index contributed by atoms with van der Waals surface area (Å²) in [4.78, 5) is 37.1. The minimum Gasteiger partial charge on any atom is -0.247 e. The molecule has 0 saturated carbocycles. The van der Waals surface area contributed by atoms with Gasteiger partial charge in [0.2, 0.25) is 0 Å². The first-order valence-corrected chi connectivity index (χ1v) is 34.4. The van der Waals surface area contributed by atoms with E-state index >= 15 is 0 Å². The number of para-hydroxylation sites is 3. The number of hydrogen-bond donors (Lipinski definition) is 0. The minimum absolute atomic E-state index is 0.633. The molecule has 0 aliphatic rings. The van der Waals surface area contributed by atoms with Gasteiger partial charge in [0, 0.05) is 87.6 Å². The Morgan fingerprint density at radius 2 is 0.676 bits per heavy atom. The van der Waals surface area contributed by atoms with Crippen LogP contribution >= 0.6 is 11.7 Å². The Balaban J connectivity index is 0.000000142. The molecule has 7 aromatic heterocycles. The SMILES string of the molecule is c1ccc(-c2ccc3ccc4ccc(-c5cccc(-c6nc7ccccc7c7c6ccc6nn(-c8ccccc8)nc67)c5)nc4c3n2)cc1.c1ccc(-c2nc(-c3ccccc3)nc(-c3ccc(-c4ccc(-c5nc6ccccc6c6c5cc(-c5ccccc5)c5nsnc56)cc4)cc3)n2)cc1. The molecule has 13 aromatic carbocycles. The second-order valence-corrected chi connectivity index (χ2v) is 25.6. The van der Waals surface area contributed by atoms with E-state index in [9.17, 15) is 0 Å². The number of nitrogens with zero attached hydrogens (tertiary/aromatic N) is 12. The average molecular weight is 1320 g/mol. The van der Waals surface area contributed by atoms with Crippen molar-refractivity contribution in [2.45, 2.75) is 0 Å². The van der Waals surface area contributed by atoms with Gasteiger partial charge in [0.15, 0.2) is 17.5 Å². The van der Waals surface area contributed by atoms with Crippen LogP contribution in [-0.4, -0.2) is 58.6 Å². The molecule has 13 heteroatoms. The van der Waals surface area contributed by atoms with Crippen molar-refractivity contribution in [3.8, 4) is 107 Å². The van der Waals surface area contributed by atoms with E-state index in [0.717, 1.165) is 177 Å². The van der Waals surface area contributed by atoms with Crippen LogP contribution in [0.2, 0.25) is 0 Å². The van der Waals surface area contributed by atoms with Crippen LogP contribution in [0.25, 0.3) is 194 Å². The van der Waals surface area contributed by atoms with Gasteiger partial charge in [-0.3, -0.25) is 0 Å². The lowest BCUT2D eigenvalue weighted by molar-refractivity contribution is 0.766. The number of benzene rings is 13. The van der Waals surface area contributed by atoms with Crippen molar-refractivity contribution in [1.29, 1.82) is 0 Å². The maximum Gasteiger partial charge on any atom is 0.164 e. The fourth-order valence-electron chi connectivity index (χ4n) is 13.8. The molecule has 0 aliphatic carbocycles. The number of rotatable bonds is 10. The smallest absolute Gasteiger partial charge is 0.164 e. The molecule has 476 valence electrons. The van der Waals surface area contributed by atoms with E-state index in [4.69, 9.17) is 53.8 Å². The summed E-state index contributed by atoms with van der Waals surface area (Å²) in [5, 5.41) is 18.3. The first kappa shape index (κ1) is 59.5. The normalized spacial score (nSPS) is 11.5. The van der Waals surface area contributed by atoms with Gasteiger partial charge < -0.3 is 0 Å². The molecule has 0 aliphatic heterocycles. The Morgan fingerprint density at radius 3 is 1.26 bits per heavy atom. The standard InChI is InChI=1S/C46H28N6S.C43H26N6/c1-4-12-31(13-5-1)37-28-38-40(43-42(37)51-53-52-43)36-18-10-11-19-39(36)47-41(38)32-24-20-29(21-25-32)30-22-26-35(27-23-30)46-49-44(33-14-6-2-7-15-33)48-45(50-46)34-16-8-3-9-17-34;1-3-10-27(11-4-1)35-23-20-28-18-19-29-21-24-36(45-42(29)41(28)44-35)30-12-9-13-31(26-30)40-34-22-25-38-43(39(34)33-16-7-8-17-37(33)46-40)48-49(47-38)32-14-5-2-6-15-32/h1-28H;1-26H. The van der Waals surface area contributed by atoms with Crippen LogP contribution in [-0.2, 0) is 0 Å². The number of hydrogen-bond acceptors (Lipinski definition) is 12. The summed E-state index contributed by atoms with van der Waals surface area (Å²) < 4.78 is 9.59. The van der Waals surface area contributed by atoms with Gasteiger partial charge >= 0.3 is 0 Å². The fourth-order valence-corrected chi connectivity index (χ4v) is 14.4. The highest BCUT2D eigenvalue weighted by molar-refractivity contribution is 7.00. The van der Waals surface area contributed by atoms with Crippen LogP contribution in [0.3, 0.4) is 0 Å². The third-order valence-corrected chi connectivity index (χ3v) is 19.4. The maximum atomic E-state index is 5.24. The molecule has 102 heavy (non-hydrogen) atoms. The first-order valence-electron chi connectivity index (χ1n) is 33.7. The molecule has 0 fully saturated rings. The van der Waals surface area contributed by atoms with E-state index in [1.807, 2.05) is 133 Å². The summed E-state index contributed by atoms with van der Waals surface area (Å²) in [6, 6.07) is 112. The van der Waals surface area contributed by atoms with Crippen LogP contribution < -0.4 is 0 Å². The summed E-state index contributed by atoms with van der Waals surface area (Å²) in [6.45, 7) is 0. The lowest BCUT2D eigenvalue weighted by Gasteiger charge is -2.13. The maximum absolute atomic E-state index is 5.24. The van der Waals surface area contributed by atoms with Gasteiger partial charge in [0.05, 0.1) is 62.3 Å². The Morgan fingerprint density at radius 1 is 0.235 bits per heavy atom. The van der Waals surface area contributed by atoms with Gasteiger partial charge in [-0.15, -0.1) is 10.2 Å². The van der Waals surface area contributed by atoms with E-state index in [0.29, 0.717) is 17.5 Å². The van der Waals surface area contributed by atoms with E-state index in [1.54, 1.807) is 4.80 Å². The highest BCUT2D eigenvalue weighted by atomic mass is 32.1. The quantitative estimate of drug-likeness (QED) is 0.121. The molecule has 0 spiro atoms. The molecule has 20 aromatic rings. The monoisotopic (exact) mass is 1320 g/mol. The second-order valence-electron chi connectivity index (χ2n) is 25.1. The number of fused-ring (bicyclic) bond motifs is 13. The average Bonchev–Trinajstić information content (AvgIpc) is 1.33. The number of pyridine rings is 4. The number of aromatic nitrogens is 12. The van der Waals surface area contributed by atoms with Gasteiger partial charge in [0.25, 0.3) is 0 Å². The van der Waals surface area contributed by atoms with Crippen molar-refractivity contribution >= 4 is 99.0 Å². The minimum atomic E-state index is 0.633. The van der Waals surface area contributed by atoms with Crippen molar-refractivity contribution in [3.05, 3.63) is 328 Å². The topological polar surface area (TPSA) is 147 Å². The van der Waals surface area contributed by atoms with Crippen molar-refractivity contribution in [3.63, 3.8) is 0 Å². The van der Waals surface area contributed by atoms with Crippen molar-refractivity contribution < 1.29 is 0 Å². The summed E-state index contributed by atoms with van der Waals surface area (Å²) in [5.74, 6) is 1.92.